The number of pyridine rings is 1. The molecule has 0 spiro atoms. The number of amides is 2. The van der Waals surface area contributed by atoms with Gasteiger partial charge < -0.3 is 9.64 Å². The Hall–Kier alpha value is -2.15. The normalized spacial score (nSPS) is 21.0. The summed E-state index contributed by atoms with van der Waals surface area (Å²) in [7, 11) is 0. The van der Waals surface area contributed by atoms with Gasteiger partial charge in [0.15, 0.2) is 11.6 Å². The Kier molecular flexibility index (Phi) is 5.30. The van der Waals surface area contributed by atoms with Crippen LogP contribution in [0.2, 0.25) is 0 Å². The smallest absolute Gasteiger partial charge is 0.240 e. The van der Waals surface area contributed by atoms with Crippen LogP contribution in [0.1, 0.15) is 26.2 Å². The zero-order valence-electron chi connectivity index (χ0n) is 14.0. The summed E-state index contributed by atoms with van der Waals surface area (Å²) < 4.78 is 6.17. The molecule has 2 saturated heterocycles. The summed E-state index contributed by atoms with van der Waals surface area (Å²) in [5.41, 5.74) is 0. The van der Waals surface area contributed by atoms with Gasteiger partial charge in [0, 0.05) is 39.3 Å². The summed E-state index contributed by atoms with van der Waals surface area (Å²) in [6, 6.07) is 3.85. The zero-order valence-corrected chi connectivity index (χ0v) is 14.0. The molecule has 24 heavy (non-hydrogen) atoms. The molecule has 1 unspecified atom stereocenters. The molecule has 130 valence electrons. The number of rotatable bonds is 5. The molecule has 2 aliphatic heterocycles. The molecule has 2 aliphatic rings. The lowest BCUT2D eigenvalue weighted by Gasteiger charge is -2.22. The fourth-order valence-electron chi connectivity index (χ4n) is 3.30. The van der Waals surface area contributed by atoms with Gasteiger partial charge >= 0.3 is 0 Å². The largest absolute Gasteiger partial charge is 0.485 e. The molecule has 0 aromatic carbocycles. The molecule has 7 heteroatoms. The maximum atomic E-state index is 11.7. The Morgan fingerprint density at radius 2 is 2.12 bits per heavy atom. The van der Waals surface area contributed by atoms with Crippen LogP contribution in [0.3, 0.4) is 0 Å². The highest BCUT2D eigenvalue weighted by Gasteiger charge is 2.27. The Morgan fingerprint density at radius 1 is 1.33 bits per heavy atom. The van der Waals surface area contributed by atoms with E-state index < -0.39 is 0 Å². The number of nitrogens with zero attached hydrogens (tertiary/aromatic N) is 3. The van der Waals surface area contributed by atoms with Crippen molar-refractivity contribution in [2.75, 3.05) is 37.6 Å². The molecule has 0 saturated carbocycles. The van der Waals surface area contributed by atoms with Crippen LogP contribution >= 0.6 is 0 Å². The van der Waals surface area contributed by atoms with Crippen LogP contribution in [0.5, 0.6) is 5.75 Å². The predicted octanol–water partition coefficient (Wildman–Crippen LogP) is 0.798. The quantitative estimate of drug-likeness (QED) is 0.860. The second-order valence-corrected chi connectivity index (χ2v) is 6.39. The molecule has 1 aromatic rings. The first-order valence-electron chi connectivity index (χ1n) is 8.51. The number of ether oxygens (including phenoxy) is 1. The summed E-state index contributed by atoms with van der Waals surface area (Å²) in [5.74, 6) is 1.15. The Balaban J connectivity index is 1.56. The Bertz CT molecular complexity index is 601. The number of anilines is 1. The maximum Gasteiger partial charge on any atom is 0.240 e. The third-order valence-corrected chi connectivity index (χ3v) is 4.36. The first-order chi connectivity index (χ1) is 11.6. The minimum atomic E-state index is -0.322. The van der Waals surface area contributed by atoms with E-state index >= 15 is 0 Å². The van der Waals surface area contributed by atoms with Crippen molar-refractivity contribution in [3.05, 3.63) is 18.3 Å². The highest BCUT2D eigenvalue weighted by atomic mass is 16.5. The van der Waals surface area contributed by atoms with Crippen LogP contribution in [-0.4, -0.2) is 60.5 Å². The van der Waals surface area contributed by atoms with Gasteiger partial charge in [0.05, 0.1) is 6.54 Å². The van der Waals surface area contributed by atoms with E-state index in [-0.39, 0.29) is 24.5 Å². The van der Waals surface area contributed by atoms with E-state index in [9.17, 15) is 9.59 Å². The van der Waals surface area contributed by atoms with E-state index in [2.05, 4.69) is 15.2 Å². The minimum Gasteiger partial charge on any atom is -0.485 e. The average molecular weight is 332 g/mol. The van der Waals surface area contributed by atoms with E-state index in [1.807, 2.05) is 17.0 Å². The Morgan fingerprint density at radius 3 is 2.88 bits per heavy atom. The van der Waals surface area contributed by atoms with Gasteiger partial charge in [-0.25, -0.2) is 4.98 Å². The maximum absolute atomic E-state index is 11.7. The fraction of sp³-hybridized carbons (Fsp3) is 0.588. The van der Waals surface area contributed by atoms with E-state index in [0.29, 0.717) is 6.54 Å². The van der Waals surface area contributed by atoms with Gasteiger partial charge in [-0.15, -0.1) is 0 Å². The molecular weight excluding hydrogens is 308 g/mol. The molecule has 7 nitrogen and oxygen atoms in total. The third-order valence-electron chi connectivity index (χ3n) is 4.36. The van der Waals surface area contributed by atoms with Gasteiger partial charge in [0.25, 0.3) is 0 Å². The van der Waals surface area contributed by atoms with Gasteiger partial charge in [0.2, 0.25) is 11.8 Å². The van der Waals surface area contributed by atoms with Crippen LogP contribution < -0.4 is 15.0 Å². The minimum absolute atomic E-state index is 0.0423. The van der Waals surface area contributed by atoms with Gasteiger partial charge in [-0.3, -0.25) is 19.8 Å². The van der Waals surface area contributed by atoms with E-state index in [1.54, 1.807) is 6.20 Å². The molecule has 1 N–H and O–H groups in total. The van der Waals surface area contributed by atoms with Gasteiger partial charge in [-0.1, -0.05) is 0 Å². The Labute approximate surface area is 142 Å². The van der Waals surface area contributed by atoms with Gasteiger partial charge in [-0.05, 0) is 31.4 Å². The van der Waals surface area contributed by atoms with Crippen molar-refractivity contribution in [2.24, 2.45) is 0 Å². The first kappa shape index (κ1) is 16.7. The zero-order chi connectivity index (χ0) is 16.9. The summed E-state index contributed by atoms with van der Waals surface area (Å²) in [6.07, 6.45) is 5.09. The monoisotopic (exact) mass is 332 g/mol. The standard InChI is InChI=1S/C17H24N4O3/c1-13(22)19-16(23)12-20-10-6-14(11-20)24-15-5-4-7-18-17(15)21-8-2-3-9-21/h4-5,7,14H,2-3,6,8-12H2,1H3,(H,19,22,23). The lowest BCUT2D eigenvalue weighted by Crippen LogP contribution is -2.38. The highest BCUT2D eigenvalue weighted by molar-refractivity contribution is 5.94. The fourth-order valence-corrected chi connectivity index (χ4v) is 3.30. The molecule has 1 aromatic heterocycles. The van der Waals surface area contributed by atoms with Crippen molar-refractivity contribution in [3.8, 4) is 5.75 Å². The number of likely N-dealkylation sites (tertiary alicyclic amines) is 1. The van der Waals surface area contributed by atoms with Crippen molar-refractivity contribution in [3.63, 3.8) is 0 Å². The summed E-state index contributed by atoms with van der Waals surface area (Å²) in [4.78, 5) is 31.3. The third kappa shape index (κ3) is 4.23. The number of nitrogens with one attached hydrogen (secondary N) is 1. The second kappa shape index (κ2) is 7.61. The first-order valence-corrected chi connectivity index (χ1v) is 8.51. The molecule has 0 radical (unpaired) electrons. The lowest BCUT2D eigenvalue weighted by atomic mass is 10.3. The number of imide groups is 1. The van der Waals surface area contributed by atoms with Crippen molar-refractivity contribution >= 4 is 17.6 Å². The highest BCUT2D eigenvalue weighted by Crippen LogP contribution is 2.30. The number of hydrogen-bond donors (Lipinski definition) is 1. The van der Waals surface area contributed by atoms with Crippen molar-refractivity contribution in [2.45, 2.75) is 32.3 Å². The molecule has 1 atom stereocenters. The number of hydrogen-bond acceptors (Lipinski definition) is 6. The van der Waals surface area contributed by atoms with Crippen LogP contribution in [-0.2, 0) is 9.59 Å². The molecule has 2 amide bonds. The van der Waals surface area contributed by atoms with E-state index in [4.69, 9.17) is 4.74 Å². The van der Waals surface area contributed by atoms with Gasteiger partial charge in [0.1, 0.15) is 6.10 Å². The van der Waals surface area contributed by atoms with Crippen LogP contribution in [0.4, 0.5) is 5.82 Å². The number of carbonyl (C=O) groups is 2. The molecule has 2 fully saturated rings. The van der Waals surface area contributed by atoms with Crippen LogP contribution in [0, 0.1) is 0 Å². The number of carbonyl (C=O) groups excluding carboxylic acids is 2. The molecule has 0 aliphatic carbocycles. The SMILES string of the molecule is CC(=O)NC(=O)CN1CCC(Oc2cccnc2N2CCCC2)C1. The summed E-state index contributed by atoms with van der Waals surface area (Å²) >= 11 is 0. The van der Waals surface area contributed by atoms with E-state index in [1.165, 1.54) is 19.8 Å². The van der Waals surface area contributed by atoms with Crippen LogP contribution in [0.25, 0.3) is 0 Å². The second-order valence-electron chi connectivity index (χ2n) is 6.39. The number of aromatic nitrogens is 1. The van der Waals surface area contributed by atoms with Crippen LogP contribution in [0.15, 0.2) is 18.3 Å². The van der Waals surface area contributed by atoms with E-state index in [0.717, 1.165) is 37.6 Å². The molecular formula is C17H24N4O3. The summed E-state index contributed by atoms with van der Waals surface area (Å²) in [5, 5.41) is 2.30. The predicted molar refractivity (Wildman–Crippen MR) is 90.0 cm³/mol. The van der Waals surface area contributed by atoms with Crippen molar-refractivity contribution in [1.29, 1.82) is 0 Å². The molecule has 3 heterocycles. The molecule has 3 rings (SSSR count). The van der Waals surface area contributed by atoms with Crippen molar-refractivity contribution in [1.82, 2.24) is 15.2 Å². The average Bonchev–Trinajstić information content (AvgIpc) is 3.19. The van der Waals surface area contributed by atoms with Crippen molar-refractivity contribution < 1.29 is 14.3 Å². The van der Waals surface area contributed by atoms with Gasteiger partial charge in [-0.2, -0.15) is 0 Å². The summed E-state index contributed by atoms with van der Waals surface area (Å²) in [6.45, 7) is 5.08. The topological polar surface area (TPSA) is 74.8 Å². The molecule has 0 bridgehead atoms. The lowest BCUT2D eigenvalue weighted by molar-refractivity contribution is -0.129.